The fourth-order valence-corrected chi connectivity index (χ4v) is 5.24. The van der Waals surface area contributed by atoms with Crippen LogP contribution in [0.4, 0.5) is 0 Å². The average molecular weight is 427 g/mol. The minimum atomic E-state index is 0.397. The number of rotatable bonds is 5. The molecule has 0 radical (unpaired) electrons. The second-order valence-electron chi connectivity index (χ2n) is 9.34. The summed E-state index contributed by atoms with van der Waals surface area (Å²) < 4.78 is 1.87. The highest BCUT2D eigenvalue weighted by Gasteiger charge is 2.23. The number of aromatic amines is 1. The third kappa shape index (κ3) is 3.67. The first-order valence-corrected chi connectivity index (χ1v) is 11.6. The Kier molecular flexibility index (Phi) is 5.44. The van der Waals surface area contributed by atoms with Crippen LogP contribution in [0.15, 0.2) is 36.8 Å². The highest BCUT2D eigenvalue weighted by molar-refractivity contribution is 5.92. The van der Waals surface area contributed by atoms with E-state index in [1.54, 1.807) is 6.33 Å². The monoisotopic (exact) mass is 426 g/mol. The maximum Gasteiger partial charge on any atom is 0.158 e. The molecule has 1 aromatic carbocycles. The van der Waals surface area contributed by atoms with Gasteiger partial charge in [-0.05, 0) is 79.6 Å². The van der Waals surface area contributed by atoms with Gasteiger partial charge in [0.05, 0.1) is 11.8 Å². The summed E-state index contributed by atoms with van der Waals surface area (Å²) in [4.78, 5) is 10.5. The Balaban J connectivity index is 1.51. The van der Waals surface area contributed by atoms with Crippen LogP contribution in [0, 0.1) is 18.3 Å². The molecule has 32 heavy (non-hydrogen) atoms. The molecule has 1 aliphatic heterocycles. The van der Waals surface area contributed by atoms with Crippen molar-refractivity contribution in [3.63, 3.8) is 0 Å². The van der Waals surface area contributed by atoms with Crippen molar-refractivity contribution in [3.05, 3.63) is 53.5 Å². The maximum absolute atomic E-state index is 8.85. The summed E-state index contributed by atoms with van der Waals surface area (Å²) in [6, 6.07) is 11.4. The zero-order valence-corrected chi connectivity index (χ0v) is 19.1. The molecule has 6 heteroatoms. The van der Waals surface area contributed by atoms with Crippen molar-refractivity contribution in [1.82, 2.24) is 24.5 Å². The molecule has 0 unspecified atom stereocenters. The Bertz CT molecular complexity index is 1300. The molecule has 0 saturated carbocycles. The SMILES string of the molecule is Cc1cc(-c2[nH]c3ccc(C4CCN(CCC#N)CC4)cc3c2C(C)C)cn2ncnc12. The van der Waals surface area contributed by atoms with E-state index in [9.17, 15) is 0 Å². The standard InChI is InChI=1S/C26H30N6/c1-17(2)24-22-14-20(19-7-11-31(12-8-19)10-4-9-27)5-6-23(22)30-25(24)21-13-18(3)26-28-16-29-32(26)15-21/h5-6,13-17,19,30H,4,7-8,10-12H2,1-3H3. The summed E-state index contributed by atoms with van der Waals surface area (Å²) >= 11 is 0. The van der Waals surface area contributed by atoms with Crippen molar-refractivity contribution < 1.29 is 0 Å². The molecule has 0 bridgehead atoms. The number of H-pyrrole nitrogens is 1. The Labute approximate surface area is 188 Å². The van der Waals surface area contributed by atoms with Crippen LogP contribution in [-0.2, 0) is 0 Å². The number of nitrogens with zero attached hydrogens (tertiary/aromatic N) is 5. The molecule has 164 valence electrons. The maximum atomic E-state index is 8.85. The lowest BCUT2D eigenvalue weighted by molar-refractivity contribution is 0.216. The van der Waals surface area contributed by atoms with E-state index >= 15 is 0 Å². The van der Waals surface area contributed by atoms with E-state index in [2.05, 4.69) is 77.3 Å². The summed E-state index contributed by atoms with van der Waals surface area (Å²) in [6.45, 7) is 9.69. The molecular weight excluding hydrogens is 396 g/mol. The quantitative estimate of drug-likeness (QED) is 0.463. The molecule has 1 aliphatic rings. The lowest BCUT2D eigenvalue weighted by atomic mass is 9.87. The van der Waals surface area contributed by atoms with E-state index in [-0.39, 0.29) is 0 Å². The number of nitriles is 1. The summed E-state index contributed by atoms with van der Waals surface area (Å²) in [5.74, 6) is 0.985. The molecule has 5 rings (SSSR count). The number of hydrogen-bond donors (Lipinski definition) is 1. The Morgan fingerprint density at radius 1 is 1.22 bits per heavy atom. The Hall–Kier alpha value is -3.17. The molecule has 6 nitrogen and oxygen atoms in total. The van der Waals surface area contributed by atoms with Gasteiger partial charge in [-0.1, -0.05) is 19.9 Å². The van der Waals surface area contributed by atoms with E-state index in [0.717, 1.165) is 49.2 Å². The minimum Gasteiger partial charge on any atom is -0.354 e. The molecule has 0 aliphatic carbocycles. The van der Waals surface area contributed by atoms with Gasteiger partial charge >= 0.3 is 0 Å². The number of aromatic nitrogens is 4. The van der Waals surface area contributed by atoms with Gasteiger partial charge in [-0.2, -0.15) is 10.4 Å². The highest BCUT2D eigenvalue weighted by atomic mass is 15.3. The van der Waals surface area contributed by atoms with Gasteiger partial charge in [-0.25, -0.2) is 9.50 Å². The number of fused-ring (bicyclic) bond motifs is 2. The van der Waals surface area contributed by atoms with Crippen LogP contribution in [0.3, 0.4) is 0 Å². The summed E-state index contributed by atoms with van der Waals surface area (Å²) in [5, 5.41) is 14.5. The van der Waals surface area contributed by atoms with Gasteiger partial charge < -0.3 is 9.88 Å². The topological polar surface area (TPSA) is 73.0 Å². The third-order valence-electron chi connectivity index (χ3n) is 6.89. The summed E-state index contributed by atoms with van der Waals surface area (Å²) in [7, 11) is 0. The largest absolute Gasteiger partial charge is 0.354 e. The van der Waals surface area contributed by atoms with Crippen LogP contribution in [0.1, 0.15) is 61.6 Å². The molecule has 1 N–H and O–H groups in total. The zero-order valence-electron chi connectivity index (χ0n) is 19.1. The lowest BCUT2D eigenvalue weighted by Crippen LogP contribution is -2.33. The van der Waals surface area contributed by atoms with E-state index in [1.165, 1.54) is 27.7 Å². The number of pyridine rings is 1. The molecule has 0 amide bonds. The Morgan fingerprint density at radius 3 is 2.78 bits per heavy atom. The van der Waals surface area contributed by atoms with Gasteiger partial charge in [-0.15, -0.1) is 0 Å². The third-order valence-corrected chi connectivity index (χ3v) is 6.89. The number of hydrogen-bond acceptors (Lipinski definition) is 4. The smallest absolute Gasteiger partial charge is 0.158 e. The zero-order chi connectivity index (χ0) is 22.2. The van der Waals surface area contributed by atoms with Crippen molar-refractivity contribution in [1.29, 1.82) is 5.26 Å². The molecular formula is C26H30N6. The molecule has 4 aromatic rings. The van der Waals surface area contributed by atoms with Gasteiger partial charge in [0.25, 0.3) is 0 Å². The Morgan fingerprint density at radius 2 is 2.03 bits per heavy atom. The normalized spacial score (nSPS) is 15.7. The molecule has 1 saturated heterocycles. The summed E-state index contributed by atoms with van der Waals surface area (Å²) in [5.41, 5.74) is 8.35. The van der Waals surface area contributed by atoms with E-state index in [4.69, 9.17) is 5.26 Å². The van der Waals surface area contributed by atoms with Crippen molar-refractivity contribution in [2.45, 2.75) is 51.9 Å². The van der Waals surface area contributed by atoms with Gasteiger partial charge in [-0.3, -0.25) is 0 Å². The molecule has 0 atom stereocenters. The van der Waals surface area contributed by atoms with Gasteiger partial charge in [0.2, 0.25) is 0 Å². The number of nitrogens with one attached hydrogen (secondary N) is 1. The second-order valence-corrected chi connectivity index (χ2v) is 9.34. The minimum absolute atomic E-state index is 0.397. The predicted molar refractivity (Wildman–Crippen MR) is 128 cm³/mol. The number of benzene rings is 1. The van der Waals surface area contributed by atoms with E-state index in [1.807, 2.05) is 4.52 Å². The number of aryl methyl sites for hydroxylation is 1. The molecule has 3 aromatic heterocycles. The van der Waals surface area contributed by atoms with E-state index < -0.39 is 0 Å². The van der Waals surface area contributed by atoms with Gasteiger partial charge in [0.15, 0.2) is 5.65 Å². The van der Waals surface area contributed by atoms with Crippen molar-refractivity contribution in [2.75, 3.05) is 19.6 Å². The first-order chi connectivity index (χ1) is 15.5. The molecule has 1 fully saturated rings. The fourth-order valence-electron chi connectivity index (χ4n) is 5.24. The molecule has 0 spiro atoms. The van der Waals surface area contributed by atoms with Crippen LogP contribution >= 0.6 is 0 Å². The van der Waals surface area contributed by atoms with Crippen LogP contribution < -0.4 is 0 Å². The van der Waals surface area contributed by atoms with Crippen LogP contribution in [0.25, 0.3) is 27.8 Å². The lowest BCUT2D eigenvalue weighted by Gasteiger charge is -2.31. The number of likely N-dealkylation sites (tertiary alicyclic amines) is 1. The second kappa shape index (κ2) is 8.40. The molecule has 4 heterocycles. The van der Waals surface area contributed by atoms with Crippen molar-refractivity contribution >= 4 is 16.6 Å². The predicted octanol–water partition coefficient (Wildman–Crippen LogP) is 5.40. The summed E-state index contributed by atoms with van der Waals surface area (Å²) in [6.07, 6.45) is 6.63. The van der Waals surface area contributed by atoms with Crippen molar-refractivity contribution in [3.8, 4) is 17.3 Å². The van der Waals surface area contributed by atoms with Crippen LogP contribution in [-0.4, -0.2) is 44.1 Å². The van der Waals surface area contributed by atoms with Crippen LogP contribution in [0.2, 0.25) is 0 Å². The van der Waals surface area contributed by atoms with E-state index in [0.29, 0.717) is 18.3 Å². The van der Waals surface area contributed by atoms with Crippen LogP contribution in [0.5, 0.6) is 0 Å². The fraction of sp³-hybridized carbons (Fsp3) is 0.423. The van der Waals surface area contributed by atoms with Crippen molar-refractivity contribution in [2.24, 2.45) is 0 Å². The first-order valence-electron chi connectivity index (χ1n) is 11.6. The highest BCUT2D eigenvalue weighted by Crippen LogP contribution is 2.38. The van der Waals surface area contributed by atoms with Gasteiger partial charge in [0, 0.05) is 35.6 Å². The number of piperidine rings is 1. The first kappa shape index (κ1) is 20.7. The average Bonchev–Trinajstić information content (AvgIpc) is 3.42. The van der Waals surface area contributed by atoms with Gasteiger partial charge in [0.1, 0.15) is 6.33 Å².